The second kappa shape index (κ2) is 6.82. The summed E-state index contributed by atoms with van der Waals surface area (Å²) < 4.78 is 0. The zero-order valence-corrected chi connectivity index (χ0v) is 12.3. The van der Waals surface area contributed by atoms with Gasteiger partial charge >= 0.3 is 0 Å². The first-order chi connectivity index (χ1) is 9.22. The molecule has 5 heteroatoms. The van der Waals surface area contributed by atoms with E-state index in [0.29, 0.717) is 6.04 Å². The van der Waals surface area contributed by atoms with Gasteiger partial charge in [0.1, 0.15) is 5.82 Å². The summed E-state index contributed by atoms with van der Waals surface area (Å²) in [5.74, 6) is 0.819. The van der Waals surface area contributed by atoms with Crippen LogP contribution in [0.2, 0.25) is 0 Å². The molecule has 2 rings (SSSR count). The van der Waals surface area contributed by atoms with Gasteiger partial charge in [-0.2, -0.15) is 0 Å². The Labute approximate surface area is 116 Å². The van der Waals surface area contributed by atoms with E-state index in [-0.39, 0.29) is 0 Å². The van der Waals surface area contributed by atoms with Crippen molar-refractivity contribution in [1.29, 1.82) is 0 Å². The van der Waals surface area contributed by atoms with Gasteiger partial charge in [0.05, 0.1) is 18.1 Å². The highest BCUT2D eigenvalue weighted by atomic mass is 15.2. The molecule has 1 fully saturated rings. The van der Waals surface area contributed by atoms with Crippen molar-refractivity contribution in [3.8, 4) is 0 Å². The summed E-state index contributed by atoms with van der Waals surface area (Å²) in [6, 6.07) is 0.708. The van der Waals surface area contributed by atoms with E-state index in [9.17, 15) is 0 Å². The van der Waals surface area contributed by atoms with Gasteiger partial charge in [0.2, 0.25) is 0 Å². The fourth-order valence-electron chi connectivity index (χ4n) is 2.78. The smallest absolute Gasteiger partial charge is 0.144 e. The van der Waals surface area contributed by atoms with Crippen molar-refractivity contribution in [2.45, 2.75) is 32.4 Å². The maximum absolute atomic E-state index is 4.42. The normalized spacial score (nSPS) is 20.1. The molecule has 1 aromatic heterocycles. The summed E-state index contributed by atoms with van der Waals surface area (Å²) >= 11 is 0. The van der Waals surface area contributed by atoms with E-state index in [1.165, 1.54) is 19.4 Å². The average Bonchev–Trinajstić information content (AvgIpc) is 2.86. The summed E-state index contributed by atoms with van der Waals surface area (Å²) in [7, 11) is 4.02. The number of nitrogens with zero attached hydrogens (tertiary/aromatic N) is 4. The lowest BCUT2D eigenvalue weighted by molar-refractivity contribution is 0.193. The van der Waals surface area contributed by atoms with E-state index in [1.807, 2.05) is 13.2 Å². The minimum Gasteiger partial charge on any atom is -0.372 e. The summed E-state index contributed by atoms with van der Waals surface area (Å²) in [6.07, 6.45) is 6.30. The van der Waals surface area contributed by atoms with Crippen LogP contribution in [0.25, 0.3) is 0 Å². The van der Waals surface area contributed by atoms with Crippen molar-refractivity contribution in [2.75, 3.05) is 39.0 Å². The van der Waals surface area contributed by atoms with Crippen molar-refractivity contribution in [1.82, 2.24) is 19.8 Å². The first kappa shape index (κ1) is 14.2. The molecule has 5 nitrogen and oxygen atoms in total. The monoisotopic (exact) mass is 263 g/mol. The van der Waals surface area contributed by atoms with E-state index in [4.69, 9.17) is 0 Å². The summed E-state index contributed by atoms with van der Waals surface area (Å²) in [5, 5.41) is 2.99. The van der Waals surface area contributed by atoms with Gasteiger partial charge in [0, 0.05) is 26.2 Å². The molecule has 1 N–H and O–H groups in total. The number of anilines is 1. The minimum atomic E-state index is 0.708. The highest BCUT2D eigenvalue weighted by Crippen LogP contribution is 2.17. The molecule has 2 heterocycles. The molecular formula is C14H25N5. The van der Waals surface area contributed by atoms with E-state index < -0.39 is 0 Å². The van der Waals surface area contributed by atoms with Crippen LogP contribution in [0.4, 0.5) is 5.82 Å². The lowest BCUT2D eigenvalue weighted by Gasteiger charge is -2.27. The predicted molar refractivity (Wildman–Crippen MR) is 78.2 cm³/mol. The van der Waals surface area contributed by atoms with Crippen LogP contribution in [0.3, 0.4) is 0 Å². The number of rotatable bonds is 6. The third kappa shape index (κ3) is 3.88. The molecule has 0 bridgehead atoms. The van der Waals surface area contributed by atoms with Crippen molar-refractivity contribution in [3.63, 3.8) is 0 Å². The highest BCUT2D eigenvalue weighted by molar-refractivity contribution is 5.29. The topological polar surface area (TPSA) is 44.3 Å². The number of aromatic nitrogens is 2. The maximum Gasteiger partial charge on any atom is 0.144 e. The molecule has 0 saturated carbocycles. The van der Waals surface area contributed by atoms with Crippen LogP contribution in [-0.4, -0.2) is 59.5 Å². The number of likely N-dealkylation sites (N-methyl/N-ethyl adjacent to an activating group) is 2. The van der Waals surface area contributed by atoms with Gasteiger partial charge in [0.25, 0.3) is 0 Å². The number of hydrogen-bond acceptors (Lipinski definition) is 5. The Morgan fingerprint density at radius 3 is 2.89 bits per heavy atom. The summed E-state index contributed by atoms with van der Waals surface area (Å²) in [4.78, 5) is 13.7. The largest absolute Gasteiger partial charge is 0.372 e. The average molecular weight is 263 g/mol. The Bertz CT molecular complexity index is 378. The van der Waals surface area contributed by atoms with Gasteiger partial charge in [-0.25, -0.2) is 4.98 Å². The Balaban J connectivity index is 1.84. The molecule has 0 spiro atoms. The molecular weight excluding hydrogens is 238 g/mol. The van der Waals surface area contributed by atoms with Gasteiger partial charge < -0.3 is 5.32 Å². The quantitative estimate of drug-likeness (QED) is 0.841. The molecule has 0 aliphatic carbocycles. The summed E-state index contributed by atoms with van der Waals surface area (Å²) in [6.45, 7) is 6.65. The number of nitrogens with one attached hydrogen (secondary N) is 1. The Morgan fingerprint density at radius 2 is 2.26 bits per heavy atom. The molecule has 1 unspecified atom stereocenters. The van der Waals surface area contributed by atoms with E-state index in [2.05, 4.69) is 39.1 Å². The molecule has 0 radical (unpaired) electrons. The first-order valence-corrected chi connectivity index (χ1v) is 7.14. The lowest BCUT2D eigenvalue weighted by Crippen LogP contribution is -2.38. The molecule has 106 valence electrons. The second-order valence-corrected chi connectivity index (χ2v) is 5.26. The lowest BCUT2D eigenvalue weighted by atomic mass is 10.2. The van der Waals surface area contributed by atoms with Gasteiger partial charge in [-0.1, -0.05) is 6.92 Å². The highest BCUT2D eigenvalue weighted by Gasteiger charge is 2.23. The molecule has 1 saturated heterocycles. The zero-order chi connectivity index (χ0) is 13.7. The molecule has 1 aliphatic rings. The molecule has 0 aromatic carbocycles. The van der Waals surface area contributed by atoms with Crippen LogP contribution in [-0.2, 0) is 6.54 Å². The third-order valence-electron chi connectivity index (χ3n) is 3.82. The van der Waals surface area contributed by atoms with E-state index in [1.54, 1.807) is 6.20 Å². The molecule has 1 aromatic rings. The number of hydrogen-bond donors (Lipinski definition) is 1. The number of likely N-dealkylation sites (tertiary alicyclic amines) is 1. The molecule has 0 amide bonds. The maximum atomic E-state index is 4.42. The van der Waals surface area contributed by atoms with Crippen LogP contribution in [0.1, 0.15) is 25.5 Å². The second-order valence-electron chi connectivity index (χ2n) is 5.26. The van der Waals surface area contributed by atoms with Crippen LogP contribution in [0.5, 0.6) is 0 Å². The first-order valence-electron chi connectivity index (χ1n) is 7.14. The fourth-order valence-corrected chi connectivity index (χ4v) is 2.78. The van der Waals surface area contributed by atoms with E-state index in [0.717, 1.165) is 31.1 Å². The van der Waals surface area contributed by atoms with Crippen molar-refractivity contribution < 1.29 is 0 Å². The Hall–Kier alpha value is -1.20. The van der Waals surface area contributed by atoms with Crippen LogP contribution < -0.4 is 5.32 Å². The minimum absolute atomic E-state index is 0.708. The third-order valence-corrected chi connectivity index (χ3v) is 3.82. The van der Waals surface area contributed by atoms with Crippen molar-refractivity contribution in [3.05, 3.63) is 18.1 Å². The Kier molecular flexibility index (Phi) is 5.10. The van der Waals surface area contributed by atoms with Crippen LogP contribution in [0, 0.1) is 0 Å². The van der Waals surface area contributed by atoms with Crippen LogP contribution >= 0.6 is 0 Å². The Morgan fingerprint density at radius 1 is 1.42 bits per heavy atom. The SMILES string of the molecule is CCN1CCCC1CN(C)Cc1cnc(NC)cn1. The van der Waals surface area contributed by atoms with Gasteiger partial charge in [0.15, 0.2) is 0 Å². The summed E-state index contributed by atoms with van der Waals surface area (Å²) in [5.41, 5.74) is 1.03. The van der Waals surface area contributed by atoms with Gasteiger partial charge in [-0.3, -0.25) is 14.8 Å². The zero-order valence-electron chi connectivity index (χ0n) is 12.3. The molecule has 1 aliphatic heterocycles. The van der Waals surface area contributed by atoms with Gasteiger partial charge in [-0.15, -0.1) is 0 Å². The predicted octanol–water partition coefficient (Wildman–Crippen LogP) is 1.43. The molecule has 1 atom stereocenters. The fraction of sp³-hybridized carbons (Fsp3) is 0.714. The molecule has 19 heavy (non-hydrogen) atoms. The van der Waals surface area contributed by atoms with E-state index >= 15 is 0 Å². The van der Waals surface area contributed by atoms with Crippen molar-refractivity contribution in [2.24, 2.45) is 0 Å². The van der Waals surface area contributed by atoms with Crippen molar-refractivity contribution >= 4 is 5.82 Å². The standard InChI is InChI=1S/C14H25N5/c1-4-19-7-5-6-13(19)11-18(3)10-12-8-17-14(15-2)9-16-12/h8-9,13H,4-7,10-11H2,1-3H3,(H,15,17). The van der Waals surface area contributed by atoms with Crippen LogP contribution in [0.15, 0.2) is 12.4 Å². The van der Waals surface area contributed by atoms with Gasteiger partial charge in [-0.05, 0) is 33.0 Å².